The summed E-state index contributed by atoms with van der Waals surface area (Å²) in [6.45, 7) is 0. The Balaban J connectivity index is 1.93. The minimum absolute atomic E-state index is 0.0302. The van der Waals surface area contributed by atoms with Gasteiger partial charge in [0.25, 0.3) is 5.91 Å². The van der Waals surface area contributed by atoms with E-state index in [1.54, 1.807) is 0 Å². The van der Waals surface area contributed by atoms with E-state index in [1.165, 1.54) is 18.2 Å². The van der Waals surface area contributed by atoms with Crippen molar-refractivity contribution in [2.45, 2.75) is 0 Å². The third-order valence-corrected chi connectivity index (χ3v) is 3.37. The first kappa shape index (κ1) is 16.7. The molecule has 0 heterocycles. The van der Waals surface area contributed by atoms with Gasteiger partial charge in [-0.25, -0.2) is 10.2 Å². The van der Waals surface area contributed by atoms with Crippen LogP contribution in [0.1, 0.15) is 10.4 Å². The first-order valence-electron chi connectivity index (χ1n) is 6.20. The second-order valence-corrected chi connectivity index (χ2v) is 5.21. The van der Waals surface area contributed by atoms with Crippen molar-refractivity contribution >= 4 is 40.8 Å². The summed E-state index contributed by atoms with van der Waals surface area (Å²) < 4.78 is 0. The number of anilines is 1. The van der Waals surface area contributed by atoms with Crippen molar-refractivity contribution in [1.29, 1.82) is 0 Å². The summed E-state index contributed by atoms with van der Waals surface area (Å²) in [6.07, 6.45) is 0. The molecule has 2 aromatic carbocycles. The standard InChI is InChI=1S/C14H11Cl2N3O4/c15-11-2-1-8(5-12(11)16)17-14(23)19-18-13(22)7-3-9(20)6-10(21)4-7/h1-6,20-21H,(H,18,22)(H2,17,19,23). The lowest BCUT2D eigenvalue weighted by atomic mass is 10.2. The van der Waals surface area contributed by atoms with Gasteiger partial charge in [-0.05, 0) is 30.3 Å². The van der Waals surface area contributed by atoms with Gasteiger partial charge in [0, 0.05) is 17.3 Å². The van der Waals surface area contributed by atoms with Gasteiger partial charge in [-0.3, -0.25) is 10.2 Å². The van der Waals surface area contributed by atoms with Crippen LogP contribution in [0, 0.1) is 0 Å². The maximum atomic E-state index is 11.8. The maximum absolute atomic E-state index is 11.8. The monoisotopic (exact) mass is 355 g/mol. The number of aromatic hydroxyl groups is 2. The molecule has 9 heteroatoms. The van der Waals surface area contributed by atoms with Crippen LogP contribution in [-0.4, -0.2) is 22.2 Å². The fourth-order valence-electron chi connectivity index (χ4n) is 1.65. The molecule has 0 aliphatic rings. The summed E-state index contributed by atoms with van der Waals surface area (Å²) in [5.41, 5.74) is 4.58. The number of benzene rings is 2. The second-order valence-electron chi connectivity index (χ2n) is 4.40. The van der Waals surface area contributed by atoms with Crippen molar-refractivity contribution in [1.82, 2.24) is 10.9 Å². The zero-order valence-corrected chi connectivity index (χ0v) is 12.9. The van der Waals surface area contributed by atoms with Gasteiger partial charge in [0.2, 0.25) is 0 Å². The number of halogens is 2. The highest BCUT2D eigenvalue weighted by Crippen LogP contribution is 2.24. The largest absolute Gasteiger partial charge is 0.508 e. The van der Waals surface area contributed by atoms with E-state index in [4.69, 9.17) is 23.2 Å². The van der Waals surface area contributed by atoms with E-state index in [9.17, 15) is 19.8 Å². The van der Waals surface area contributed by atoms with E-state index < -0.39 is 11.9 Å². The SMILES string of the molecule is O=C(NNC(=O)c1cc(O)cc(O)c1)Nc1ccc(Cl)c(Cl)c1. The van der Waals surface area contributed by atoms with E-state index in [2.05, 4.69) is 16.2 Å². The van der Waals surface area contributed by atoms with Crippen molar-refractivity contribution in [3.05, 3.63) is 52.0 Å². The van der Waals surface area contributed by atoms with Crippen LogP contribution < -0.4 is 16.2 Å². The maximum Gasteiger partial charge on any atom is 0.337 e. The number of amides is 3. The molecule has 3 amide bonds. The van der Waals surface area contributed by atoms with Crippen LogP contribution in [0.5, 0.6) is 11.5 Å². The summed E-state index contributed by atoms with van der Waals surface area (Å²) >= 11 is 11.6. The second kappa shape index (κ2) is 7.08. The molecule has 23 heavy (non-hydrogen) atoms. The number of phenolic OH excluding ortho intramolecular Hbond substituents is 2. The molecule has 0 aromatic heterocycles. The quantitative estimate of drug-likeness (QED) is 0.533. The van der Waals surface area contributed by atoms with Gasteiger partial charge in [0.15, 0.2) is 0 Å². The van der Waals surface area contributed by atoms with Crippen LogP contribution in [0.25, 0.3) is 0 Å². The number of nitrogens with one attached hydrogen (secondary N) is 3. The van der Waals surface area contributed by atoms with Crippen molar-refractivity contribution in [2.24, 2.45) is 0 Å². The molecule has 120 valence electrons. The Morgan fingerprint density at radius 3 is 2.13 bits per heavy atom. The van der Waals surface area contributed by atoms with Crippen LogP contribution in [0.3, 0.4) is 0 Å². The van der Waals surface area contributed by atoms with Crippen molar-refractivity contribution in [3.8, 4) is 11.5 Å². The first-order valence-corrected chi connectivity index (χ1v) is 6.96. The number of phenols is 2. The van der Waals surface area contributed by atoms with E-state index in [0.717, 1.165) is 18.2 Å². The minimum Gasteiger partial charge on any atom is -0.508 e. The number of urea groups is 1. The van der Waals surface area contributed by atoms with Crippen LogP contribution >= 0.6 is 23.2 Å². The number of carbonyl (C=O) groups excluding carboxylic acids is 2. The van der Waals surface area contributed by atoms with Crippen LogP contribution in [0.4, 0.5) is 10.5 Å². The van der Waals surface area contributed by atoms with Crippen LogP contribution in [0.2, 0.25) is 10.0 Å². The van der Waals surface area contributed by atoms with Gasteiger partial charge < -0.3 is 15.5 Å². The molecule has 0 saturated carbocycles. The predicted molar refractivity (Wildman–Crippen MR) is 85.9 cm³/mol. The highest BCUT2D eigenvalue weighted by Gasteiger charge is 2.10. The zero-order chi connectivity index (χ0) is 17.0. The summed E-state index contributed by atoms with van der Waals surface area (Å²) in [5.74, 6) is -1.29. The molecule has 0 atom stereocenters. The van der Waals surface area contributed by atoms with Crippen LogP contribution in [0.15, 0.2) is 36.4 Å². The summed E-state index contributed by atoms with van der Waals surface area (Å²) in [7, 11) is 0. The van der Waals surface area contributed by atoms with Crippen molar-refractivity contribution in [2.75, 3.05) is 5.32 Å². The Hall–Kier alpha value is -2.64. The van der Waals surface area contributed by atoms with E-state index in [-0.39, 0.29) is 22.1 Å². The molecule has 2 rings (SSSR count). The lowest BCUT2D eigenvalue weighted by molar-refractivity contribution is 0.0937. The van der Waals surface area contributed by atoms with Crippen molar-refractivity contribution in [3.63, 3.8) is 0 Å². The Labute approximate surface area is 140 Å². The molecule has 0 radical (unpaired) electrons. The first-order chi connectivity index (χ1) is 10.8. The third-order valence-electron chi connectivity index (χ3n) is 2.63. The number of carbonyl (C=O) groups is 2. The Bertz CT molecular complexity index is 747. The molecule has 0 bridgehead atoms. The Morgan fingerprint density at radius 1 is 0.870 bits per heavy atom. The average Bonchev–Trinajstić information content (AvgIpc) is 2.47. The van der Waals surface area contributed by atoms with Gasteiger partial charge in [-0.2, -0.15) is 0 Å². The Kier molecular flexibility index (Phi) is 5.15. The molecule has 0 aliphatic carbocycles. The number of hydrogen-bond donors (Lipinski definition) is 5. The van der Waals surface area contributed by atoms with Gasteiger partial charge in [0.05, 0.1) is 10.0 Å². The third kappa shape index (κ3) is 4.67. The van der Waals surface area contributed by atoms with Crippen LogP contribution in [-0.2, 0) is 0 Å². The normalized spacial score (nSPS) is 10.0. The topological polar surface area (TPSA) is 111 Å². The average molecular weight is 356 g/mol. The summed E-state index contributed by atoms with van der Waals surface area (Å²) in [6, 6.07) is 7.10. The highest BCUT2D eigenvalue weighted by molar-refractivity contribution is 6.42. The molecule has 7 nitrogen and oxygen atoms in total. The van der Waals surface area contributed by atoms with Gasteiger partial charge in [-0.1, -0.05) is 23.2 Å². The van der Waals surface area contributed by atoms with E-state index in [1.807, 2.05) is 0 Å². The van der Waals surface area contributed by atoms with Crippen molar-refractivity contribution < 1.29 is 19.8 Å². The van der Waals surface area contributed by atoms with E-state index in [0.29, 0.717) is 10.7 Å². The molecule has 0 aliphatic heterocycles. The molecular weight excluding hydrogens is 345 g/mol. The summed E-state index contributed by atoms with van der Waals surface area (Å²) in [4.78, 5) is 23.5. The molecule has 0 spiro atoms. The number of hydrazine groups is 1. The molecule has 2 aromatic rings. The molecular formula is C14H11Cl2N3O4. The fraction of sp³-hybridized carbons (Fsp3) is 0. The highest BCUT2D eigenvalue weighted by atomic mass is 35.5. The Morgan fingerprint density at radius 2 is 1.52 bits per heavy atom. The van der Waals surface area contributed by atoms with Gasteiger partial charge in [-0.15, -0.1) is 0 Å². The van der Waals surface area contributed by atoms with Gasteiger partial charge in [0.1, 0.15) is 11.5 Å². The molecule has 5 N–H and O–H groups in total. The summed E-state index contributed by atoms with van der Waals surface area (Å²) in [5, 5.41) is 21.6. The number of rotatable bonds is 2. The molecule has 0 fully saturated rings. The number of hydrogen-bond acceptors (Lipinski definition) is 4. The van der Waals surface area contributed by atoms with E-state index >= 15 is 0 Å². The van der Waals surface area contributed by atoms with Gasteiger partial charge >= 0.3 is 6.03 Å². The zero-order valence-electron chi connectivity index (χ0n) is 11.4. The minimum atomic E-state index is -0.722. The smallest absolute Gasteiger partial charge is 0.337 e. The molecule has 0 saturated heterocycles. The molecule has 0 unspecified atom stereocenters. The lowest BCUT2D eigenvalue weighted by Crippen LogP contribution is -2.43. The fourth-order valence-corrected chi connectivity index (χ4v) is 1.95. The lowest BCUT2D eigenvalue weighted by Gasteiger charge is -2.10. The predicted octanol–water partition coefficient (Wildman–Crippen LogP) is 2.87.